The van der Waals surface area contributed by atoms with Gasteiger partial charge in [0.15, 0.2) is 4.32 Å². The molecule has 0 saturated carbocycles. The third-order valence-corrected chi connectivity index (χ3v) is 5.03. The van der Waals surface area contributed by atoms with E-state index in [-0.39, 0.29) is 5.91 Å². The highest BCUT2D eigenvalue weighted by Crippen LogP contribution is 2.36. The molecule has 0 bridgehead atoms. The number of nitrogens with zero attached hydrogens (tertiary/aromatic N) is 1. The maximum absolute atomic E-state index is 12.7. The maximum Gasteiger partial charge on any atom is 0.337 e. The largest absolute Gasteiger partial charge is 0.465 e. The Morgan fingerprint density at radius 2 is 1.96 bits per heavy atom. The zero-order valence-corrected chi connectivity index (χ0v) is 15.5. The number of carbonyl (C=O) groups excluding carboxylic acids is 2. The van der Waals surface area contributed by atoms with Crippen LogP contribution in [0, 0.1) is 0 Å². The van der Waals surface area contributed by atoms with E-state index in [2.05, 4.69) is 4.74 Å². The molecule has 0 unspecified atom stereocenters. The van der Waals surface area contributed by atoms with Gasteiger partial charge in [-0.3, -0.25) is 9.69 Å². The number of ether oxygens (including phenoxy) is 1. The summed E-state index contributed by atoms with van der Waals surface area (Å²) < 4.78 is 5.12. The third kappa shape index (κ3) is 3.76. The molecule has 1 saturated heterocycles. The standard InChI is InChI=1S/C18H12ClNO3S2/c1-23-17(22)12-7-5-11(6-8-12)9-15-16(21)20(18(24)25-15)14-4-2-3-13(19)10-14/h2-10H,1H3. The summed E-state index contributed by atoms with van der Waals surface area (Å²) in [5, 5.41) is 0.536. The maximum atomic E-state index is 12.7. The minimum absolute atomic E-state index is 0.200. The zero-order chi connectivity index (χ0) is 18.0. The van der Waals surface area contributed by atoms with Crippen molar-refractivity contribution in [2.75, 3.05) is 12.0 Å². The second-order valence-electron chi connectivity index (χ2n) is 5.11. The molecule has 1 aliphatic rings. The van der Waals surface area contributed by atoms with E-state index in [1.165, 1.54) is 23.8 Å². The molecule has 3 rings (SSSR count). The van der Waals surface area contributed by atoms with Crippen LogP contribution < -0.4 is 4.90 Å². The molecule has 4 nitrogen and oxygen atoms in total. The van der Waals surface area contributed by atoms with Gasteiger partial charge in [-0.05, 0) is 42.0 Å². The second-order valence-corrected chi connectivity index (χ2v) is 7.22. The normalized spacial score (nSPS) is 15.8. The Labute approximate surface area is 159 Å². The molecule has 0 radical (unpaired) electrons. The van der Waals surface area contributed by atoms with E-state index in [0.717, 1.165) is 5.56 Å². The summed E-state index contributed by atoms with van der Waals surface area (Å²) >= 11 is 12.6. The SMILES string of the molecule is COC(=O)c1ccc(C=C2SC(=S)N(c3cccc(Cl)c3)C2=O)cc1. The second kappa shape index (κ2) is 7.39. The van der Waals surface area contributed by atoms with Crippen molar-refractivity contribution in [1.82, 2.24) is 0 Å². The first-order chi connectivity index (χ1) is 12.0. The van der Waals surface area contributed by atoms with Crippen molar-refractivity contribution < 1.29 is 14.3 Å². The van der Waals surface area contributed by atoms with Crippen molar-refractivity contribution in [3.8, 4) is 0 Å². The Bertz CT molecular complexity index is 893. The van der Waals surface area contributed by atoms with Crippen molar-refractivity contribution in [2.24, 2.45) is 0 Å². The van der Waals surface area contributed by atoms with Gasteiger partial charge in [0.05, 0.1) is 23.3 Å². The molecule has 1 fully saturated rings. The van der Waals surface area contributed by atoms with E-state index in [1.54, 1.807) is 54.6 Å². The Morgan fingerprint density at radius 3 is 2.60 bits per heavy atom. The van der Waals surface area contributed by atoms with Crippen molar-refractivity contribution >= 4 is 63.5 Å². The molecule has 2 aromatic carbocycles. The predicted octanol–water partition coefficient (Wildman–Crippen LogP) is 4.53. The predicted molar refractivity (Wildman–Crippen MR) is 105 cm³/mol. The van der Waals surface area contributed by atoms with Gasteiger partial charge in [-0.15, -0.1) is 0 Å². The molecular weight excluding hydrogens is 378 g/mol. The lowest BCUT2D eigenvalue weighted by molar-refractivity contribution is -0.113. The summed E-state index contributed by atoms with van der Waals surface area (Å²) in [6.07, 6.45) is 1.74. The highest BCUT2D eigenvalue weighted by atomic mass is 35.5. The van der Waals surface area contributed by atoms with Crippen molar-refractivity contribution in [3.63, 3.8) is 0 Å². The number of thiocarbonyl (C=S) groups is 1. The van der Waals surface area contributed by atoms with Gasteiger partial charge in [-0.1, -0.05) is 53.8 Å². The molecule has 126 valence electrons. The van der Waals surface area contributed by atoms with Crippen LogP contribution in [0.1, 0.15) is 15.9 Å². The van der Waals surface area contributed by atoms with Gasteiger partial charge < -0.3 is 4.74 Å². The topological polar surface area (TPSA) is 46.6 Å². The number of anilines is 1. The number of carbonyl (C=O) groups is 2. The molecule has 0 spiro atoms. The average Bonchev–Trinajstić information content (AvgIpc) is 2.88. The molecule has 7 heteroatoms. The number of thioether (sulfide) groups is 1. The molecule has 0 N–H and O–H groups in total. The van der Waals surface area contributed by atoms with Gasteiger partial charge >= 0.3 is 5.97 Å². The molecular formula is C18H12ClNO3S2. The third-order valence-electron chi connectivity index (χ3n) is 3.49. The van der Waals surface area contributed by atoms with E-state index >= 15 is 0 Å². The van der Waals surface area contributed by atoms with E-state index in [9.17, 15) is 9.59 Å². The smallest absolute Gasteiger partial charge is 0.337 e. The molecule has 0 aliphatic carbocycles. The number of benzene rings is 2. The van der Waals surface area contributed by atoms with Crippen molar-refractivity contribution in [3.05, 3.63) is 69.6 Å². The monoisotopic (exact) mass is 389 g/mol. The lowest BCUT2D eigenvalue weighted by Crippen LogP contribution is -2.27. The number of rotatable bonds is 3. The summed E-state index contributed by atoms with van der Waals surface area (Å²) in [6, 6.07) is 13.8. The molecule has 1 amide bonds. The van der Waals surface area contributed by atoms with Gasteiger partial charge in [0.25, 0.3) is 5.91 Å². The quantitative estimate of drug-likeness (QED) is 0.438. The minimum Gasteiger partial charge on any atom is -0.465 e. The summed E-state index contributed by atoms with van der Waals surface area (Å²) in [6.45, 7) is 0. The summed E-state index contributed by atoms with van der Waals surface area (Å²) in [4.78, 5) is 26.1. The number of esters is 1. The van der Waals surface area contributed by atoms with Crippen LogP contribution in [0.3, 0.4) is 0 Å². The van der Waals surface area contributed by atoms with Crippen LogP contribution in [-0.2, 0) is 9.53 Å². The first-order valence-electron chi connectivity index (χ1n) is 7.21. The highest BCUT2D eigenvalue weighted by Gasteiger charge is 2.33. The molecule has 1 aliphatic heterocycles. The zero-order valence-electron chi connectivity index (χ0n) is 13.1. The Kier molecular flexibility index (Phi) is 5.22. The molecule has 0 aromatic heterocycles. The van der Waals surface area contributed by atoms with Crippen molar-refractivity contribution in [2.45, 2.75) is 0 Å². The molecule has 25 heavy (non-hydrogen) atoms. The number of methoxy groups -OCH3 is 1. The van der Waals surface area contributed by atoms with Gasteiger partial charge in [-0.2, -0.15) is 0 Å². The van der Waals surface area contributed by atoms with Gasteiger partial charge in [-0.25, -0.2) is 4.79 Å². The summed E-state index contributed by atoms with van der Waals surface area (Å²) in [5.41, 5.74) is 1.88. The number of halogens is 1. The van der Waals surface area contributed by atoms with Crippen molar-refractivity contribution in [1.29, 1.82) is 0 Å². The van der Waals surface area contributed by atoms with E-state index in [0.29, 0.717) is 25.5 Å². The summed E-state index contributed by atoms with van der Waals surface area (Å²) in [5.74, 6) is -0.604. The van der Waals surface area contributed by atoms with Crippen LogP contribution in [0.15, 0.2) is 53.4 Å². The fourth-order valence-electron chi connectivity index (χ4n) is 2.29. The molecule has 2 aromatic rings. The number of hydrogen-bond acceptors (Lipinski definition) is 5. The molecule has 1 heterocycles. The fourth-order valence-corrected chi connectivity index (χ4v) is 3.77. The van der Waals surface area contributed by atoms with E-state index in [4.69, 9.17) is 23.8 Å². The van der Waals surface area contributed by atoms with Crippen LogP contribution in [0.2, 0.25) is 5.02 Å². The van der Waals surface area contributed by atoms with Crippen LogP contribution in [0.4, 0.5) is 5.69 Å². The Balaban J connectivity index is 1.86. The van der Waals surface area contributed by atoms with Crippen LogP contribution in [0.25, 0.3) is 6.08 Å². The lowest BCUT2D eigenvalue weighted by Gasteiger charge is -2.14. The van der Waals surface area contributed by atoms with Gasteiger partial charge in [0.2, 0.25) is 0 Å². The van der Waals surface area contributed by atoms with Crippen LogP contribution >= 0.6 is 35.6 Å². The van der Waals surface area contributed by atoms with Crippen LogP contribution in [-0.4, -0.2) is 23.3 Å². The van der Waals surface area contributed by atoms with Crippen LogP contribution in [0.5, 0.6) is 0 Å². The van der Waals surface area contributed by atoms with Gasteiger partial charge in [0, 0.05) is 5.02 Å². The first-order valence-corrected chi connectivity index (χ1v) is 8.82. The average molecular weight is 390 g/mol. The van der Waals surface area contributed by atoms with E-state index in [1.807, 2.05) is 0 Å². The Hall–Kier alpha value is -2.15. The lowest BCUT2D eigenvalue weighted by atomic mass is 10.1. The fraction of sp³-hybridized carbons (Fsp3) is 0.0556. The molecule has 0 atom stereocenters. The minimum atomic E-state index is -0.404. The highest BCUT2D eigenvalue weighted by molar-refractivity contribution is 8.27. The first kappa shape index (κ1) is 17.7. The van der Waals surface area contributed by atoms with E-state index < -0.39 is 5.97 Å². The number of amides is 1. The number of hydrogen-bond donors (Lipinski definition) is 0. The van der Waals surface area contributed by atoms with Gasteiger partial charge in [0.1, 0.15) is 0 Å². The Morgan fingerprint density at radius 1 is 1.24 bits per heavy atom. The summed E-state index contributed by atoms with van der Waals surface area (Å²) in [7, 11) is 1.33.